The van der Waals surface area contributed by atoms with E-state index < -0.39 is 0 Å². The van der Waals surface area contributed by atoms with Crippen LogP contribution >= 0.6 is 0 Å². The van der Waals surface area contributed by atoms with E-state index in [2.05, 4.69) is 79.6 Å². The minimum Gasteiger partial charge on any atom is -0.228 e. The lowest BCUT2D eigenvalue weighted by Gasteiger charge is -2.02. The van der Waals surface area contributed by atoms with E-state index in [0.29, 0.717) is 12.1 Å². The van der Waals surface area contributed by atoms with Gasteiger partial charge >= 0.3 is 0 Å². The molecule has 0 aliphatic rings. The summed E-state index contributed by atoms with van der Waals surface area (Å²) < 4.78 is 4.73. The Morgan fingerprint density at radius 2 is 1.58 bits per heavy atom. The fourth-order valence-corrected chi connectivity index (χ4v) is 2.71. The molecule has 0 aliphatic carbocycles. The second-order valence-electron chi connectivity index (χ2n) is 5.81. The zero-order valence-corrected chi connectivity index (χ0v) is 12.1. The number of benzene rings is 2. The molecule has 2 heteroatoms. The van der Waals surface area contributed by atoms with Crippen LogP contribution in [0.5, 0.6) is 0 Å². The third-order valence-electron chi connectivity index (χ3n) is 3.76. The van der Waals surface area contributed by atoms with Crippen molar-refractivity contribution in [2.45, 2.75) is 39.8 Å². The quantitative estimate of drug-likeness (QED) is 0.604. The molecule has 1 aromatic heterocycles. The van der Waals surface area contributed by atoms with Crippen LogP contribution in [0.1, 0.15) is 39.8 Å². The lowest BCUT2D eigenvalue weighted by Crippen LogP contribution is -2.34. The maximum atomic E-state index is 2.36. The third-order valence-corrected chi connectivity index (χ3v) is 3.76. The van der Waals surface area contributed by atoms with Gasteiger partial charge in [-0.3, -0.25) is 0 Å². The van der Waals surface area contributed by atoms with Crippen LogP contribution in [0.25, 0.3) is 21.8 Å². The fraction of sp³-hybridized carbons (Fsp3) is 0.353. The molecular weight excluding hydrogens is 232 g/mol. The molecule has 3 rings (SSSR count). The average Bonchev–Trinajstić information content (AvgIpc) is 2.74. The van der Waals surface area contributed by atoms with Crippen LogP contribution in [-0.2, 0) is 0 Å². The van der Waals surface area contributed by atoms with Gasteiger partial charge in [-0.15, -0.1) is 0 Å². The molecule has 0 bridgehead atoms. The number of nitrogens with zero attached hydrogens (tertiary/aromatic N) is 2. The number of imidazole rings is 1. The lowest BCUT2D eigenvalue weighted by molar-refractivity contribution is -0.692. The van der Waals surface area contributed by atoms with Crippen molar-refractivity contribution in [2.24, 2.45) is 0 Å². The van der Waals surface area contributed by atoms with Crippen molar-refractivity contribution in [2.75, 3.05) is 0 Å². The van der Waals surface area contributed by atoms with E-state index in [0.717, 1.165) is 0 Å². The highest BCUT2D eigenvalue weighted by Crippen LogP contribution is 2.24. The van der Waals surface area contributed by atoms with Crippen molar-refractivity contribution in [3.63, 3.8) is 0 Å². The normalized spacial score (nSPS) is 12.1. The van der Waals surface area contributed by atoms with E-state index in [1.807, 2.05) is 0 Å². The summed E-state index contributed by atoms with van der Waals surface area (Å²) in [6.45, 7) is 8.94. The smallest absolute Gasteiger partial charge is 0.228 e. The molecule has 0 aliphatic heterocycles. The Bertz CT molecular complexity index is 674. The summed E-state index contributed by atoms with van der Waals surface area (Å²) in [7, 11) is 0. The van der Waals surface area contributed by atoms with Gasteiger partial charge < -0.3 is 0 Å². The fourth-order valence-electron chi connectivity index (χ4n) is 2.71. The van der Waals surface area contributed by atoms with Gasteiger partial charge in [0.15, 0.2) is 11.0 Å². The molecule has 19 heavy (non-hydrogen) atoms. The van der Waals surface area contributed by atoms with E-state index in [1.54, 1.807) is 0 Å². The summed E-state index contributed by atoms with van der Waals surface area (Å²) in [5, 5.41) is 2.62. The van der Waals surface area contributed by atoms with Crippen molar-refractivity contribution in [3.05, 3.63) is 42.7 Å². The van der Waals surface area contributed by atoms with Gasteiger partial charge in [-0.2, -0.15) is 0 Å². The molecular formula is C17H21N2+. The summed E-state index contributed by atoms with van der Waals surface area (Å²) in [4.78, 5) is 0. The molecule has 0 saturated heterocycles. The van der Waals surface area contributed by atoms with E-state index in [4.69, 9.17) is 0 Å². The van der Waals surface area contributed by atoms with Gasteiger partial charge in [-0.1, -0.05) is 24.3 Å². The van der Waals surface area contributed by atoms with E-state index in [1.165, 1.54) is 21.8 Å². The Morgan fingerprint density at radius 1 is 0.947 bits per heavy atom. The molecule has 2 aromatic carbocycles. The molecule has 0 fully saturated rings. The molecule has 0 spiro atoms. The molecule has 2 nitrogen and oxygen atoms in total. The van der Waals surface area contributed by atoms with Gasteiger partial charge in [0.05, 0.1) is 12.1 Å². The zero-order valence-electron chi connectivity index (χ0n) is 12.1. The van der Waals surface area contributed by atoms with Gasteiger partial charge in [0.1, 0.15) is 0 Å². The number of rotatable bonds is 2. The first-order chi connectivity index (χ1) is 9.08. The largest absolute Gasteiger partial charge is 0.245 e. The Kier molecular flexibility index (Phi) is 2.81. The van der Waals surface area contributed by atoms with Crippen LogP contribution in [0.3, 0.4) is 0 Å². The molecule has 1 heterocycles. The predicted molar refractivity (Wildman–Crippen MR) is 80.4 cm³/mol. The molecule has 0 atom stereocenters. The highest BCUT2D eigenvalue weighted by atomic mass is 15.2. The summed E-state index contributed by atoms with van der Waals surface area (Å²) in [5.41, 5.74) is 2.64. The second kappa shape index (κ2) is 4.37. The first-order valence-corrected chi connectivity index (χ1v) is 7.02. The van der Waals surface area contributed by atoms with E-state index in [-0.39, 0.29) is 0 Å². The molecule has 0 saturated carbocycles. The highest BCUT2D eigenvalue weighted by molar-refractivity contribution is 5.94. The van der Waals surface area contributed by atoms with Crippen LogP contribution in [0, 0.1) is 0 Å². The van der Waals surface area contributed by atoms with Gasteiger partial charge in [-0.05, 0) is 50.6 Å². The van der Waals surface area contributed by atoms with Crippen LogP contribution < -0.4 is 4.57 Å². The van der Waals surface area contributed by atoms with Crippen LogP contribution in [-0.4, -0.2) is 4.57 Å². The number of hydrogen-bond acceptors (Lipinski definition) is 0. The summed E-state index contributed by atoms with van der Waals surface area (Å²) in [5.74, 6) is 0. The molecule has 3 aromatic rings. The Hall–Kier alpha value is -1.83. The van der Waals surface area contributed by atoms with Gasteiger partial charge in [-0.25, -0.2) is 9.13 Å². The van der Waals surface area contributed by atoms with Gasteiger partial charge in [0, 0.05) is 0 Å². The zero-order chi connectivity index (χ0) is 13.6. The van der Waals surface area contributed by atoms with Crippen molar-refractivity contribution in [1.29, 1.82) is 0 Å². The van der Waals surface area contributed by atoms with Gasteiger partial charge in [0.2, 0.25) is 6.33 Å². The predicted octanol–water partition coefficient (Wildman–Crippen LogP) is 4.24. The topological polar surface area (TPSA) is 8.81 Å². The molecule has 0 radical (unpaired) electrons. The van der Waals surface area contributed by atoms with Crippen molar-refractivity contribution in [3.8, 4) is 0 Å². The van der Waals surface area contributed by atoms with Crippen LogP contribution in [0.2, 0.25) is 0 Å². The lowest BCUT2D eigenvalue weighted by atomic mass is 10.1. The SMILES string of the molecule is CC(C)n1c[n+](C(C)C)c2cc3ccccc3cc21. The molecule has 0 N–H and O–H groups in total. The Balaban J connectivity index is 2.42. The number of hydrogen-bond donors (Lipinski definition) is 0. The summed E-state index contributed by atoms with van der Waals surface area (Å²) >= 11 is 0. The minimum atomic E-state index is 0.476. The van der Waals surface area contributed by atoms with Crippen molar-refractivity contribution < 1.29 is 4.57 Å². The summed E-state index contributed by atoms with van der Waals surface area (Å²) in [6, 6.07) is 14.2. The van der Waals surface area contributed by atoms with Gasteiger partial charge in [0.25, 0.3) is 0 Å². The Morgan fingerprint density at radius 3 is 2.16 bits per heavy atom. The monoisotopic (exact) mass is 253 g/mol. The van der Waals surface area contributed by atoms with Crippen LogP contribution in [0.15, 0.2) is 42.7 Å². The maximum Gasteiger partial charge on any atom is 0.245 e. The van der Waals surface area contributed by atoms with Crippen molar-refractivity contribution in [1.82, 2.24) is 4.57 Å². The van der Waals surface area contributed by atoms with Crippen molar-refractivity contribution >= 4 is 21.8 Å². The molecule has 0 amide bonds. The highest BCUT2D eigenvalue weighted by Gasteiger charge is 2.20. The summed E-state index contributed by atoms with van der Waals surface area (Å²) in [6.07, 6.45) is 2.25. The number of aromatic nitrogens is 2. The maximum absolute atomic E-state index is 2.36. The number of fused-ring (bicyclic) bond motifs is 2. The minimum absolute atomic E-state index is 0.476. The molecule has 0 unspecified atom stereocenters. The van der Waals surface area contributed by atoms with Crippen LogP contribution in [0.4, 0.5) is 0 Å². The first kappa shape index (κ1) is 12.2. The van der Waals surface area contributed by atoms with E-state index >= 15 is 0 Å². The van der Waals surface area contributed by atoms with E-state index in [9.17, 15) is 0 Å². The molecule has 98 valence electrons. The average molecular weight is 253 g/mol. The Labute approximate surface area is 114 Å². The second-order valence-corrected chi connectivity index (χ2v) is 5.81. The third kappa shape index (κ3) is 1.92. The first-order valence-electron chi connectivity index (χ1n) is 7.02. The standard InChI is InChI=1S/C17H21N2/c1-12(2)18-11-19(13(3)4)17-10-15-8-6-5-7-14(15)9-16(17)18/h5-13H,1-4H3/q+1.